The maximum atomic E-state index is 13.5. The van der Waals surface area contributed by atoms with Crippen LogP contribution < -0.4 is 0 Å². The molecule has 0 fully saturated rings. The predicted octanol–water partition coefficient (Wildman–Crippen LogP) is 3.71. The molecule has 146 valence electrons. The molecule has 0 saturated heterocycles. The summed E-state index contributed by atoms with van der Waals surface area (Å²) in [5, 5.41) is 4.15. The number of aromatic nitrogens is 4. The Morgan fingerprint density at radius 3 is 2.93 bits per heavy atom. The minimum Gasteiger partial charge on any atom is -0.431 e. The molecule has 0 N–H and O–H groups in total. The van der Waals surface area contributed by atoms with Crippen molar-refractivity contribution in [2.24, 2.45) is 7.05 Å². The van der Waals surface area contributed by atoms with Crippen molar-refractivity contribution in [2.45, 2.75) is 52.1 Å². The Morgan fingerprint density at radius 2 is 2.21 bits per heavy atom. The van der Waals surface area contributed by atoms with Crippen LogP contribution in [-0.4, -0.2) is 36.6 Å². The number of rotatable bonds is 4. The van der Waals surface area contributed by atoms with E-state index in [0.29, 0.717) is 11.6 Å². The minimum absolute atomic E-state index is 0.0109. The SMILES string of the molecule is Cc1nc(-c2cnn(C)c2)oc1C(=O)N(C(C)C)C1CCCc2cccnc21. The van der Waals surface area contributed by atoms with E-state index < -0.39 is 0 Å². The molecule has 7 heteroatoms. The first-order valence-corrected chi connectivity index (χ1v) is 9.68. The number of carbonyl (C=O) groups is 1. The number of aryl methyl sites for hydroxylation is 3. The fraction of sp³-hybridized carbons (Fsp3) is 0.429. The highest BCUT2D eigenvalue weighted by Crippen LogP contribution is 2.35. The molecule has 1 atom stereocenters. The second-order valence-corrected chi connectivity index (χ2v) is 7.60. The fourth-order valence-corrected chi connectivity index (χ4v) is 3.96. The number of oxazole rings is 1. The molecule has 1 unspecified atom stereocenters. The molecular formula is C21H25N5O2. The van der Waals surface area contributed by atoms with Crippen molar-refractivity contribution < 1.29 is 9.21 Å². The highest BCUT2D eigenvalue weighted by atomic mass is 16.4. The van der Waals surface area contributed by atoms with E-state index in [9.17, 15) is 4.79 Å². The van der Waals surface area contributed by atoms with Gasteiger partial charge in [-0.1, -0.05) is 6.07 Å². The summed E-state index contributed by atoms with van der Waals surface area (Å²) in [6.07, 6.45) is 8.25. The molecule has 1 aliphatic carbocycles. The van der Waals surface area contributed by atoms with Gasteiger partial charge < -0.3 is 9.32 Å². The van der Waals surface area contributed by atoms with E-state index in [1.165, 1.54) is 5.56 Å². The van der Waals surface area contributed by atoms with Crippen LogP contribution in [0.2, 0.25) is 0 Å². The third-order valence-corrected chi connectivity index (χ3v) is 5.23. The molecule has 0 spiro atoms. The fourth-order valence-electron chi connectivity index (χ4n) is 3.96. The zero-order valence-corrected chi connectivity index (χ0v) is 16.7. The first-order chi connectivity index (χ1) is 13.5. The second-order valence-electron chi connectivity index (χ2n) is 7.60. The van der Waals surface area contributed by atoms with E-state index >= 15 is 0 Å². The summed E-state index contributed by atoms with van der Waals surface area (Å²) in [5.74, 6) is 0.564. The van der Waals surface area contributed by atoms with Crippen LogP contribution >= 0.6 is 0 Å². The minimum atomic E-state index is -0.140. The lowest BCUT2D eigenvalue weighted by atomic mass is 9.90. The Kier molecular flexibility index (Phi) is 4.75. The highest BCUT2D eigenvalue weighted by molar-refractivity contribution is 5.93. The maximum absolute atomic E-state index is 13.5. The molecule has 3 heterocycles. The van der Waals surface area contributed by atoms with Gasteiger partial charge in [0.2, 0.25) is 11.7 Å². The summed E-state index contributed by atoms with van der Waals surface area (Å²) < 4.78 is 7.59. The normalized spacial score (nSPS) is 16.2. The van der Waals surface area contributed by atoms with E-state index in [4.69, 9.17) is 4.42 Å². The molecule has 0 radical (unpaired) electrons. The van der Waals surface area contributed by atoms with Gasteiger partial charge in [0.25, 0.3) is 5.91 Å². The van der Waals surface area contributed by atoms with Crippen LogP contribution in [0.15, 0.2) is 35.1 Å². The monoisotopic (exact) mass is 379 g/mol. The smallest absolute Gasteiger partial charge is 0.292 e. The van der Waals surface area contributed by atoms with Crippen molar-refractivity contribution in [1.82, 2.24) is 24.6 Å². The van der Waals surface area contributed by atoms with Gasteiger partial charge in [0.05, 0.1) is 29.2 Å². The maximum Gasteiger partial charge on any atom is 0.292 e. The van der Waals surface area contributed by atoms with Crippen molar-refractivity contribution in [1.29, 1.82) is 0 Å². The molecule has 7 nitrogen and oxygen atoms in total. The molecule has 0 aliphatic heterocycles. The van der Waals surface area contributed by atoms with Crippen LogP contribution in [-0.2, 0) is 13.5 Å². The standard InChI is InChI=1S/C21H25N5O2/c1-13(2)26(17-9-5-7-15-8-6-10-22-18(15)17)21(27)19-14(3)24-20(28-19)16-11-23-25(4)12-16/h6,8,10-13,17H,5,7,9H2,1-4H3. The molecule has 3 aromatic heterocycles. The van der Waals surface area contributed by atoms with Crippen LogP contribution in [0, 0.1) is 6.92 Å². The van der Waals surface area contributed by atoms with Gasteiger partial charge in [0.15, 0.2) is 0 Å². The summed E-state index contributed by atoms with van der Waals surface area (Å²) in [6, 6.07) is 4.03. The van der Waals surface area contributed by atoms with Gasteiger partial charge in [-0.3, -0.25) is 14.5 Å². The molecule has 28 heavy (non-hydrogen) atoms. The van der Waals surface area contributed by atoms with Crippen molar-refractivity contribution in [3.8, 4) is 11.5 Å². The third-order valence-electron chi connectivity index (χ3n) is 5.23. The Balaban J connectivity index is 1.70. The van der Waals surface area contributed by atoms with Crippen molar-refractivity contribution in [2.75, 3.05) is 0 Å². The lowest BCUT2D eigenvalue weighted by Gasteiger charge is -2.37. The average Bonchev–Trinajstić information content (AvgIpc) is 3.27. The largest absolute Gasteiger partial charge is 0.431 e. The molecule has 1 amide bonds. The van der Waals surface area contributed by atoms with Gasteiger partial charge in [-0.25, -0.2) is 4.98 Å². The second kappa shape index (κ2) is 7.22. The van der Waals surface area contributed by atoms with Crippen LogP contribution in [0.1, 0.15) is 60.2 Å². The lowest BCUT2D eigenvalue weighted by Crippen LogP contribution is -2.42. The first-order valence-electron chi connectivity index (χ1n) is 9.68. The van der Waals surface area contributed by atoms with E-state index in [2.05, 4.69) is 21.1 Å². The van der Waals surface area contributed by atoms with Gasteiger partial charge in [-0.15, -0.1) is 0 Å². The average molecular weight is 379 g/mol. The number of nitrogens with zero attached hydrogens (tertiary/aromatic N) is 5. The molecule has 1 aliphatic rings. The number of pyridine rings is 1. The van der Waals surface area contributed by atoms with Crippen LogP contribution in [0.3, 0.4) is 0 Å². The van der Waals surface area contributed by atoms with Gasteiger partial charge >= 0.3 is 0 Å². The summed E-state index contributed by atoms with van der Waals surface area (Å²) in [7, 11) is 1.83. The summed E-state index contributed by atoms with van der Waals surface area (Å²) in [4.78, 5) is 24.5. The molecule has 4 rings (SSSR count). The zero-order chi connectivity index (χ0) is 19.8. The Labute approximate surface area is 164 Å². The van der Waals surface area contributed by atoms with Gasteiger partial charge in [0.1, 0.15) is 0 Å². The van der Waals surface area contributed by atoms with E-state index in [0.717, 1.165) is 30.5 Å². The van der Waals surface area contributed by atoms with E-state index in [1.807, 2.05) is 45.0 Å². The van der Waals surface area contributed by atoms with E-state index in [-0.39, 0.29) is 23.8 Å². The van der Waals surface area contributed by atoms with Crippen LogP contribution in [0.4, 0.5) is 0 Å². The first kappa shape index (κ1) is 18.4. The molecule has 3 aromatic rings. The number of hydrogen-bond donors (Lipinski definition) is 0. The van der Waals surface area contributed by atoms with Crippen molar-refractivity contribution in [3.05, 3.63) is 53.4 Å². The summed E-state index contributed by atoms with van der Waals surface area (Å²) in [6.45, 7) is 5.87. The molecule has 0 aromatic carbocycles. The molecular weight excluding hydrogens is 354 g/mol. The number of carbonyl (C=O) groups excluding carboxylic acids is 1. The lowest BCUT2D eigenvalue weighted by molar-refractivity contribution is 0.0543. The van der Waals surface area contributed by atoms with Crippen molar-refractivity contribution in [3.63, 3.8) is 0 Å². The van der Waals surface area contributed by atoms with Crippen molar-refractivity contribution >= 4 is 5.91 Å². The zero-order valence-electron chi connectivity index (χ0n) is 16.7. The van der Waals surface area contributed by atoms with Gasteiger partial charge in [-0.05, 0) is 51.7 Å². The van der Waals surface area contributed by atoms with Crippen LogP contribution in [0.25, 0.3) is 11.5 Å². The Morgan fingerprint density at radius 1 is 1.39 bits per heavy atom. The molecule has 0 bridgehead atoms. The Hall–Kier alpha value is -2.96. The number of amides is 1. The number of hydrogen-bond acceptors (Lipinski definition) is 5. The topological polar surface area (TPSA) is 77.0 Å². The summed E-state index contributed by atoms with van der Waals surface area (Å²) >= 11 is 0. The number of fused-ring (bicyclic) bond motifs is 1. The predicted molar refractivity (Wildman–Crippen MR) is 105 cm³/mol. The Bertz CT molecular complexity index is 1000. The highest BCUT2D eigenvalue weighted by Gasteiger charge is 2.35. The van der Waals surface area contributed by atoms with Gasteiger partial charge in [-0.2, -0.15) is 5.10 Å². The quantitative estimate of drug-likeness (QED) is 0.691. The van der Waals surface area contributed by atoms with Crippen LogP contribution in [0.5, 0.6) is 0 Å². The van der Waals surface area contributed by atoms with E-state index in [1.54, 1.807) is 17.1 Å². The van der Waals surface area contributed by atoms with Gasteiger partial charge in [0, 0.05) is 25.5 Å². The summed E-state index contributed by atoms with van der Waals surface area (Å²) in [5.41, 5.74) is 3.57. The third kappa shape index (κ3) is 3.21. The molecule has 0 saturated carbocycles.